The molecule has 0 aliphatic carbocycles. The Morgan fingerprint density at radius 3 is 2.25 bits per heavy atom. The van der Waals surface area contributed by atoms with E-state index in [-0.39, 0.29) is 18.2 Å². The van der Waals surface area contributed by atoms with Crippen LogP contribution in [0.2, 0.25) is 0 Å². The molecule has 0 bridgehead atoms. The zero-order valence-electron chi connectivity index (χ0n) is 19.5. The highest BCUT2D eigenvalue weighted by atomic mass is 32.2. The summed E-state index contributed by atoms with van der Waals surface area (Å²) >= 11 is -2.55. The van der Waals surface area contributed by atoms with Crippen molar-refractivity contribution < 1.29 is 23.0 Å². The summed E-state index contributed by atoms with van der Waals surface area (Å²) in [6.07, 6.45) is 0. The molecule has 0 spiro atoms. The van der Waals surface area contributed by atoms with Gasteiger partial charge in [-0.15, -0.1) is 0 Å². The average Bonchev–Trinajstić information content (AvgIpc) is 2.88. The first-order valence-electron chi connectivity index (χ1n) is 10.7. The van der Waals surface area contributed by atoms with E-state index in [4.69, 9.17) is 15.2 Å². The fourth-order valence-corrected chi connectivity index (χ4v) is 4.01. The number of rotatable bonds is 9. The largest absolute Gasteiger partial charge is 0.497 e. The summed E-state index contributed by atoms with van der Waals surface area (Å²) in [5.41, 5.74) is 7.74. The first-order chi connectivity index (χ1) is 17.4. The van der Waals surface area contributed by atoms with Crippen molar-refractivity contribution in [2.45, 2.75) is 0 Å². The van der Waals surface area contributed by atoms with Crippen LogP contribution in [0, 0.1) is 0 Å². The summed E-state index contributed by atoms with van der Waals surface area (Å²) in [6, 6.07) is 18.8. The quantitative estimate of drug-likeness (QED) is 0.249. The van der Waals surface area contributed by atoms with Crippen LogP contribution in [-0.4, -0.2) is 45.4 Å². The van der Waals surface area contributed by atoms with Gasteiger partial charge in [0.05, 0.1) is 37.5 Å². The minimum atomic E-state index is -2.55. The predicted molar refractivity (Wildman–Crippen MR) is 139 cm³/mol. The molecule has 1 heterocycles. The third kappa shape index (κ3) is 5.51. The monoisotopic (exact) mass is 508 g/mol. The maximum Gasteiger partial charge on any atom is 0.268 e. The first kappa shape index (κ1) is 24.9. The Morgan fingerprint density at radius 1 is 0.972 bits per heavy atom. The lowest BCUT2D eigenvalue weighted by Crippen LogP contribution is -2.24. The van der Waals surface area contributed by atoms with E-state index in [0.717, 1.165) is 4.31 Å². The van der Waals surface area contributed by atoms with E-state index in [1.165, 1.54) is 20.3 Å². The lowest BCUT2D eigenvalue weighted by Gasteiger charge is -2.23. The van der Waals surface area contributed by atoms with E-state index >= 15 is 0 Å². The van der Waals surface area contributed by atoms with Gasteiger partial charge in [-0.1, -0.05) is 18.2 Å². The maximum atomic E-state index is 12.6. The van der Waals surface area contributed by atoms with Gasteiger partial charge in [0.2, 0.25) is 5.91 Å². The molecule has 5 N–H and O–H groups in total. The van der Waals surface area contributed by atoms with E-state index in [0.29, 0.717) is 39.6 Å². The number of aromatic nitrogens is 2. The van der Waals surface area contributed by atoms with E-state index in [2.05, 4.69) is 20.6 Å². The van der Waals surface area contributed by atoms with Crippen LogP contribution in [0.25, 0.3) is 11.0 Å². The molecule has 1 atom stereocenters. The van der Waals surface area contributed by atoms with E-state index in [1.54, 1.807) is 54.6 Å². The molecule has 1 amide bonds. The van der Waals surface area contributed by atoms with Crippen molar-refractivity contribution in [3.63, 3.8) is 0 Å². The van der Waals surface area contributed by atoms with Crippen molar-refractivity contribution in [1.82, 2.24) is 9.97 Å². The Hall–Kier alpha value is -4.26. The molecule has 0 saturated carbocycles. The van der Waals surface area contributed by atoms with Crippen molar-refractivity contribution in [3.05, 3.63) is 66.7 Å². The second-order valence-electron chi connectivity index (χ2n) is 7.44. The number of carbonyl (C=O) groups excluding carboxylic acids is 1. The number of benzene rings is 3. The third-order valence-electron chi connectivity index (χ3n) is 5.06. The number of nitrogens with one attached hydrogen (secondary N) is 2. The first-order valence-corrected chi connectivity index (χ1v) is 11.8. The third-order valence-corrected chi connectivity index (χ3v) is 5.76. The SMILES string of the molecule is COc1cc(Nc2nc3ccccc3nc2N(c2cccc(NC(=O)CN)c2)S(=O)O)cc(OC)c1. The second kappa shape index (κ2) is 11.0. The van der Waals surface area contributed by atoms with Gasteiger partial charge in [-0.3, -0.25) is 9.35 Å². The van der Waals surface area contributed by atoms with Gasteiger partial charge in [0.15, 0.2) is 11.6 Å². The number of hydrogen-bond donors (Lipinski definition) is 4. The Morgan fingerprint density at radius 2 is 1.64 bits per heavy atom. The van der Waals surface area contributed by atoms with Crippen LogP contribution in [0.3, 0.4) is 0 Å². The van der Waals surface area contributed by atoms with Crippen LogP contribution in [0.5, 0.6) is 11.5 Å². The van der Waals surface area contributed by atoms with E-state index in [1.807, 2.05) is 6.07 Å². The fraction of sp³-hybridized carbons (Fsp3) is 0.125. The Kier molecular flexibility index (Phi) is 7.59. The normalized spacial score (nSPS) is 11.6. The number of ether oxygens (including phenoxy) is 2. The number of anilines is 5. The minimum absolute atomic E-state index is 0.0821. The number of methoxy groups -OCH3 is 2. The van der Waals surface area contributed by atoms with Crippen LogP contribution < -0.4 is 30.1 Å². The van der Waals surface area contributed by atoms with Crippen molar-refractivity contribution in [2.75, 3.05) is 35.7 Å². The van der Waals surface area contributed by atoms with Crippen molar-refractivity contribution in [2.24, 2.45) is 5.73 Å². The summed E-state index contributed by atoms with van der Waals surface area (Å²) in [6.45, 7) is -0.200. The van der Waals surface area contributed by atoms with Gasteiger partial charge in [0.1, 0.15) is 11.5 Å². The average molecular weight is 509 g/mol. The lowest BCUT2D eigenvalue weighted by atomic mass is 10.2. The van der Waals surface area contributed by atoms with E-state index in [9.17, 15) is 13.6 Å². The smallest absolute Gasteiger partial charge is 0.268 e. The Labute approximate surface area is 209 Å². The van der Waals surface area contributed by atoms with Gasteiger partial charge in [0, 0.05) is 29.6 Å². The molecule has 0 aliphatic heterocycles. The number of nitrogens with two attached hydrogens (primary N) is 1. The van der Waals surface area contributed by atoms with Crippen LogP contribution in [0.4, 0.5) is 28.7 Å². The molecule has 1 unspecified atom stereocenters. The molecule has 36 heavy (non-hydrogen) atoms. The number of fused-ring (bicyclic) bond motifs is 1. The molecular formula is C24H24N6O5S. The topological polar surface area (TPSA) is 152 Å². The highest BCUT2D eigenvalue weighted by Crippen LogP contribution is 2.36. The summed E-state index contributed by atoms with van der Waals surface area (Å²) in [5.74, 6) is 0.973. The summed E-state index contributed by atoms with van der Waals surface area (Å²) in [7, 11) is 3.07. The Balaban J connectivity index is 1.86. The number of hydrogen-bond acceptors (Lipinski definition) is 8. The highest BCUT2D eigenvalue weighted by Gasteiger charge is 2.23. The molecule has 4 rings (SSSR count). The molecule has 1 aromatic heterocycles. The zero-order valence-corrected chi connectivity index (χ0v) is 20.3. The second-order valence-corrected chi connectivity index (χ2v) is 8.27. The van der Waals surface area contributed by atoms with Crippen molar-refractivity contribution >= 4 is 56.9 Å². The number of nitrogens with zero attached hydrogens (tertiary/aromatic N) is 3. The molecule has 0 saturated heterocycles. The van der Waals surface area contributed by atoms with Crippen LogP contribution in [0.15, 0.2) is 66.7 Å². The van der Waals surface area contributed by atoms with Crippen LogP contribution >= 0.6 is 0 Å². The van der Waals surface area contributed by atoms with Gasteiger partial charge in [-0.05, 0) is 30.3 Å². The number of para-hydroxylation sites is 2. The maximum absolute atomic E-state index is 12.6. The van der Waals surface area contributed by atoms with Crippen molar-refractivity contribution in [3.8, 4) is 11.5 Å². The standard InChI is InChI=1S/C24H24N6O5S/c1-34-18-11-16(12-19(13-18)35-2)27-23-24(29-21-9-4-3-8-20(21)28-23)30(36(32)33)17-7-5-6-15(10-17)26-22(31)14-25/h3-13H,14,25H2,1-2H3,(H,26,31)(H,27,28)(H,32,33). The summed E-state index contributed by atoms with van der Waals surface area (Å²) < 4.78 is 34.7. The van der Waals surface area contributed by atoms with E-state index < -0.39 is 17.2 Å². The summed E-state index contributed by atoms with van der Waals surface area (Å²) in [4.78, 5) is 21.1. The molecule has 0 radical (unpaired) electrons. The molecule has 0 aliphatic rings. The fourth-order valence-electron chi connectivity index (χ4n) is 3.44. The van der Waals surface area contributed by atoms with Gasteiger partial charge >= 0.3 is 0 Å². The lowest BCUT2D eigenvalue weighted by molar-refractivity contribution is -0.114. The molecule has 12 heteroatoms. The molecule has 186 valence electrons. The zero-order chi connectivity index (χ0) is 25.7. The van der Waals surface area contributed by atoms with Crippen molar-refractivity contribution in [1.29, 1.82) is 0 Å². The minimum Gasteiger partial charge on any atom is -0.497 e. The van der Waals surface area contributed by atoms with Gasteiger partial charge in [-0.2, -0.15) is 0 Å². The van der Waals surface area contributed by atoms with Crippen LogP contribution in [-0.2, 0) is 16.1 Å². The summed E-state index contributed by atoms with van der Waals surface area (Å²) in [5, 5.41) is 5.80. The predicted octanol–water partition coefficient (Wildman–Crippen LogP) is 3.56. The number of amides is 1. The molecule has 4 aromatic rings. The van der Waals surface area contributed by atoms with Gasteiger partial charge in [0.25, 0.3) is 11.3 Å². The Bertz CT molecular complexity index is 1410. The molecule has 0 fully saturated rings. The van der Waals surface area contributed by atoms with Gasteiger partial charge < -0.3 is 25.8 Å². The molecule has 3 aromatic carbocycles. The molecule has 11 nitrogen and oxygen atoms in total. The number of carbonyl (C=O) groups is 1. The molecular weight excluding hydrogens is 484 g/mol. The van der Waals surface area contributed by atoms with Crippen LogP contribution in [0.1, 0.15) is 0 Å². The van der Waals surface area contributed by atoms with Gasteiger partial charge in [-0.25, -0.2) is 18.5 Å². The highest BCUT2D eigenvalue weighted by molar-refractivity contribution is 7.81.